The molecule has 0 fully saturated rings. The fourth-order valence-electron chi connectivity index (χ4n) is 1.67. The summed E-state index contributed by atoms with van der Waals surface area (Å²) in [6, 6.07) is 0. The van der Waals surface area contributed by atoms with Crippen molar-refractivity contribution < 1.29 is 18.0 Å². The lowest BCUT2D eigenvalue weighted by molar-refractivity contribution is -0.123. The second kappa shape index (κ2) is 8.14. The van der Waals surface area contributed by atoms with Crippen LogP contribution in [0.5, 0.6) is 0 Å². The van der Waals surface area contributed by atoms with E-state index in [1.54, 1.807) is 6.92 Å². The zero-order chi connectivity index (χ0) is 15.1. The number of amides is 2. The smallest absolute Gasteiger partial charge is 0.236 e. The highest BCUT2D eigenvalue weighted by Crippen LogP contribution is 2.11. The first-order valence-corrected chi connectivity index (χ1v) is 8.08. The number of sulfonamides is 1. The molecular formula is C12H24N2O4S. The summed E-state index contributed by atoms with van der Waals surface area (Å²) in [6.07, 6.45) is 0.966. The van der Waals surface area contributed by atoms with Gasteiger partial charge in [-0.15, -0.1) is 0 Å². The van der Waals surface area contributed by atoms with E-state index in [1.165, 1.54) is 7.05 Å². The maximum absolute atomic E-state index is 11.7. The van der Waals surface area contributed by atoms with Crippen LogP contribution in [0.1, 0.15) is 40.0 Å². The van der Waals surface area contributed by atoms with Crippen LogP contribution in [-0.2, 0) is 19.6 Å². The van der Waals surface area contributed by atoms with Crippen LogP contribution >= 0.6 is 0 Å². The maximum Gasteiger partial charge on any atom is 0.236 e. The van der Waals surface area contributed by atoms with Gasteiger partial charge in [-0.3, -0.25) is 14.3 Å². The first-order valence-electron chi connectivity index (χ1n) is 6.43. The predicted molar refractivity (Wildman–Crippen MR) is 73.8 cm³/mol. The zero-order valence-corrected chi connectivity index (χ0v) is 12.8. The summed E-state index contributed by atoms with van der Waals surface area (Å²) >= 11 is 0. The van der Waals surface area contributed by atoms with Crippen LogP contribution < -0.4 is 10.0 Å². The Hall–Kier alpha value is -1.11. The fraction of sp³-hybridized carbons (Fsp3) is 0.833. The van der Waals surface area contributed by atoms with Crippen molar-refractivity contribution in [1.29, 1.82) is 0 Å². The minimum Gasteiger partial charge on any atom is -0.359 e. The molecule has 0 heterocycles. The Bertz CT molecular complexity index is 404. The topological polar surface area (TPSA) is 92.3 Å². The van der Waals surface area contributed by atoms with E-state index in [1.807, 2.05) is 13.8 Å². The highest BCUT2D eigenvalue weighted by Gasteiger charge is 2.20. The van der Waals surface area contributed by atoms with Crippen LogP contribution in [0.15, 0.2) is 0 Å². The highest BCUT2D eigenvalue weighted by atomic mass is 32.2. The van der Waals surface area contributed by atoms with Crippen molar-refractivity contribution >= 4 is 21.8 Å². The van der Waals surface area contributed by atoms with Crippen molar-refractivity contribution in [1.82, 2.24) is 10.0 Å². The molecule has 0 unspecified atom stereocenters. The molecule has 2 N–H and O–H groups in total. The van der Waals surface area contributed by atoms with Gasteiger partial charge in [0.1, 0.15) is 0 Å². The first-order chi connectivity index (χ1) is 8.68. The van der Waals surface area contributed by atoms with Crippen molar-refractivity contribution in [3.63, 3.8) is 0 Å². The molecule has 112 valence electrons. The van der Waals surface area contributed by atoms with Gasteiger partial charge in [-0.2, -0.15) is 0 Å². The van der Waals surface area contributed by atoms with Gasteiger partial charge in [0.05, 0.1) is 5.75 Å². The molecule has 0 aromatic heterocycles. The number of carbonyl (C=O) groups excluding carboxylic acids is 2. The molecule has 0 rings (SSSR count). The molecule has 0 saturated heterocycles. The summed E-state index contributed by atoms with van der Waals surface area (Å²) < 4.78 is 25.3. The van der Waals surface area contributed by atoms with E-state index in [-0.39, 0.29) is 30.4 Å². The van der Waals surface area contributed by atoms with E-state index in [4.69, 9.17) is 0 Å². The van der Waals surface area contributed by atoms with Gasteiger partial charge in [0.15, 0.2) is 0 Å². The molecule has 0 bridgehead atoms. The second-order valence-electron chi connectivity index (χ2n) is 5.09. The normalized spacial score (nSPS) is 13.1. The molecule has 19 heavy (non-hydrogen) atoms. The Balaban J connectivity index is 4.22. The summed E-state index contributed by atoms with van der Waals surface area (Å²) in [5.41, 5.74) is 0. The average molecular weight is 292 g/mol. The Morgan fingerprint density at radius 3 is 2.21 bits per heavy atom. The first kappa shape index (κ1) is 17.9. The van der Waals surface area contributed by atoms with E-state index >= 15 is 0 Å². The molecule has 1 atom stereocenters. The zero-order valence-electron chi connectivity index (χ0n) is 12.0. The van der Waals surface area contributed by atoms with Crippen LogP contribution in [0.25, 0.3) is 0 Å². The number of carbonyl (C=O) groups is 2. The third-order valence-corrected chi connectivity index (χ3v) is 3.96. The number of hydrogen-bond donors (Lipinski definition) is 2. The fourth-order valence-corrected chi connectivity index (χ4v) is 2.80. The number of nitrogens with one attached hydrogen (secondary N) is 2. The van der Waals surface area contributed by atoms with Gasteiger partial charge in [-0.05, 0) is 18.8 Å². The quantitative estimate of drug-likeness (QED) is 0.686. The second-order valence-corrected chi connectivity index (χ2v) is 6.93. The van der Waals surface area contributed by atoms with Gasteiger partial charge in [-0.25, -0.2) is 8.42 Å². The van der Waals surface area contributed by atoms with E-state index < -0.39 is 15.9 Å². The van der Waals surface area contributed by atoms with Crippen LogP contribution in [0.4, 0.5) is 0 Å². The Morgan fingerprint density at radius 2 is 1.74 bits per heavy atom. The molecule has 0 aliphatic heterocycles. The van der Waals surface area contributed by atoms with Crippen LogP contribution in [-0.4, -0.2) is 33.0 Å². The number of hydrogen-bond acceptors (Lipinski definition) is 4. The van der Waals surface area contributed by atoms with Crippen molar-refractivity contribution in [2.45, 2.75) is 40.0 Å². The molecule has 0 aliphatic rings. The minimum absolute atomic E-state index is 0.132. The third kappa shape index (κ3) is 8.58. The van der Waals surface area contributed by atoms with Gasteiger partial charge >= 0.3 is 0 Å². The van der Waals surface area contributed by atoms with E-state index in [2.05, 4.69) is 10.0 Å². The van der Waals surface area contributed by atoms with Crippen LogP contribution in [0.3, 0.4) is 0 Å². The molecule has 2 amide bonds. The third-order valence-electron chi connectivity index (χ3n) is 2.62. The molecule has 0 saturated carbocycles. The van der Waals surface area contributed by atoms with Gasteiger partial charge in [0, 0.05) is 19.4 Å². The summed E-state index contributed by atoms with van der Waals surface area (Å²) in [6.45, 7) is 5.65. The average Bonchev–Trinajstić information content (AvgIpc) is 2.26. The SMILES string of the molecule is CNC(=O)CCCS(=O)(=O)NC(=O)[C@@H](C)CC(C)C. The molecule has 6 nitrogen and oxygen atoms in total. The van der Waals surface area contributed by atoms with Crippen molar-refractivity contribution in [3.8, 4) is 0 Å². The summed E-state index contributed by atoms with van der Waals surface area (Å²) in [7, 11) is -2.15. The Labute approximate surface area is 115 Å². The predicted octanol–water partition coefficient (Wildman–Crippen LogP) is 0.641. The van der Waals surface area contributed by atoms with Gasteiger partial charge < -0.3 is 5.32 Å². The Morgan fingerprint density at radius 1 is 1.16 bits per heavy atom. The van der Waals surface area contributed by atoms with Gasteiger partial charge in [0.2, 0.25) is 21.8 Å². The molecule has 0 spiro atoms. The lowest BCUT2D eigenvalue weighted by atomic mass is 9.99. The van der Waals surface area contributed by atoms with Crippen LogP contribution in [0, 0.1) is 11.8 Å². The van der Waals surface area contributed by atoms with Crippen molar-refractivity contribution in [3.05, 3.63) is 0 Å². The molecule has 0 radical (unpaired) electrons. The van der Waals surface area contributed by atoms with Gasteiger partial charge in [0.25, 0.3) is 0 Å². The van der Waals surface area contributed by atoms with Crippen molar-refractivity contribution in [2.24, 2.45) is 11.8 Å². The maximum atomic E-state index is 11.7. The lowest BCUT2D eigenvalue weighted by Crippen LogP contribution is -2.36. The number of rotatable bonds is 8. The van der Waals surface area contributed by atoms with E-state index in [9.17, 15) is 18.0 Å². The lowest BCUT2D eigenvalue weighted by Gasteiger charge is -2.14. The van der Waals surface area contributed by atoms with E-state index in [0.717, 1.165) is 0 Å². The standard InChI is InChI=1S/C12H24N2O4S/c1-9(2)8-10(3)12(16)14-19(17,18)7-5-6-11(15)13-4/h9-10H,5-8H2,1-4H3,(H,13,15)(H,14,16)/t10-/m0/s1. The van der Waals surface area contributed by atoms with E-state index in [0.29, 0.717) is 12.3 Å². The molecule has 0 aromatic rings. The molecule has 0 aliphatic carbocycles. The minimum atomic E-state index is -3.65. The summed E-state index contributed by atoms with van der Waals surface area (Å²) in [5.74, 6) is -0.922. The molecule has 0 aromatic carbocycles. The molecule has 7 heteroatoms. The van der Waals surface area contributed by atoms with Gasteiger partial charge in [-0.1, -0.05) is 20.8 Å². The summed E-state index contributed by atoms with van der Waals surface area (Å²) in [4.78, 5) is 22.6. The largest absolute Gasteiger partial charge is 0.359 e. The summed E-state index contributed by atoms with van der Waals surface area (Å²) in [5, 5.41) is 2.41. The Kier molecular flexibility index (Phi) is 7.66. The molecular weight excluding hydrogens is 268 g/mol. The highest BCUT2D eigenvalue weighted by molar-refractivity contribution is 7.90. The monoisotopic (exact) mass is 292 g/mol. The van der Waals surface area contributed by atoms with Crippen molar-refractivity contribution in [2.75, 3.05) is 12.8 Å². The van der Waals surface area contributed by atoms with Crippen LogP contribution in [0.2, 0.25) is 0 Å².